The molecule has 0 N–H and O–H groups in total. The topological polar surface area (TPSA) is 23.6 Å². The molecule has 1 fully saturated rings. The van der Waals surface area contributed by atoms with Gasteiger partial charge in [0.1, 0.15) is 0 Å². The fourth-order valence-corrected chi connectivity index (χ4v) is 2.23. The third-order valence-electron chi connectivity index (χ3n) is 3.18. The van der Waals surface area contributed by atoms with Crippen LogP contribution >= 0.6 is 11.6 Å². The average Bonchev–Trinajstić information content (AvgIpc) is 2.54. The quantitative estimate of drug-likeness (QED) is 0.754. The second kappa shape index (κ2) is 5.52. The zero-order valence-corrected chi connectivity index (χ0v) is 10.8. The van der Waals surface area contributed by atoms with Gasteiger partial charge in [0.15, 0.2) is 0 Å². The van der Waals surface area contributed by atoms with Gasteiger partial charge in [0.05, 0.1) is 0 Å². The van der Waals surface area contributed by atoms with Gasteiger partial charge in [-0.1, -0.05) is 0 Å². The Morgan fingerprint density at radius 3 is 2.47 bits per heavy atom. The number of carbonyl (C=O) groups excluding carboxylic acids is 1. The lowest BCUT2D eigenvalue weighted by molar-refractivity contribution is 0.108. The molecule has 0 radical (unpaired) electrons. The minimum absolute atomic E-state index is 0.396. The fraction of sp³-hybridized carbons (Fsp3) is 0.462. The van der Waals surface area contributed by atoms with Crippen molar-refractivity contribution in [3.63, 3.8) is 0 Å². The van der Waals surface area contributed by atoms with E-state index in [1.165, 1.54) is 12.1 Å². The Bertz CT molecular complexity index is 391. The van der Waals surface area contributed by atoms with E-state index in [2.05, 4.69) is 16.8 Å². The smallest absolute Gasteiger partial charge is 0.252 e. The van der Waals surface area contributed by atoms with Crippen molar-refractivity contribution in [1.82, 2.24) is 4.90 Å². The summed E-state index contributed by atoms with van der Waals surface area (Å²) in [7, 11) is 2.15. The summed E-state index contributed by atoms with van der Waals surface area (Å²) in [6.45, 7) is 4.33. The first-order valence-electron chi connectivity index (χ1n) is 5.90. The molecule has 0 aromatic heterocycles. The van der Waals surface area contributed by atoms with E-state index in [4.69, 9.17) is 11.6 Å². The minimum atomic E-state index is -0.396. The number of anilines is 1. The molecule has 1 heterocycles. The molecule has 1 aromatic carbocycles. The Labute approximate surface area is 107 Å². The fourth-order valence-electron chi connectivity index (χ4n) is 2.11. The molecule has 1 saturated heterocycles. The number of halogens is 1. The molecule has 0 atom stereocenters. The van der Waals surface area contributed by atoms with E-state index >= 15 is 0 Å². The van der Waals surface area contributed by atoms with Crippen molar-refractivity contribution in [2.24, 2.45) is 0 Å². The van der Waals surface area contributed by atoms with Gasteiger partial charge in [-0.3, -0.25) is 4.79 Å². The monoisotopic (exact) mass is 252 g/mol. The maximum Gasteiger partial charge on any atom is 0.252 e. The van der Waals surface area contributed by atoms with Crippen LogP contribution in [0.1, 0.15) is 16.8 Å². The van der Waals surface area contributed by atoms with Crippen LogP contribution in [0.15, 0.2) is 24.3 Å². The van der Waals surface area contributed by atoms with E-state index in [-0.39, 0.29) is 0 Å². The lowest BCUT2D eigenvalue weighted by atomic mass is 10.2. The summed E-state index contributed by atoms with van der Waals surface area (Å²) in [5.41, 5.74) is 1.73. The van der Waals surface area contributed by atoms with Gasteiger partial charge >= 0.3 is 0 Å². The summed E-state index contributed by atoms with van der Waals surface area (Å²) < 4.78 is 0. The average molecular weight is 253 g/mol. The van der Waals surface area contributed by atoms with Crippen molar-refractivity contribution in [1.29, 1.82) is 0 Å². The molecular formula is C13H17ClN2O. The van der Waals surface area contributed by atoms with Crippen LogP contribution in [-0.2, 0) is 0 Å². The molecular weight excluding hydrogens is 236 g/mol. The molecule has 2 rings (SSSR count). The normalized spacial score (nSPS) is 17.9. The third-order valence-corrected chi connectivity index (χ3v) is 3.40. The van der Waals surface area contributed by atoms with Gasteiger partial charge in [0.25, 0.3) is 5.24 Å². The SMILES string of the molecule is CN1CCCN(c2ccc(C(=O)Cl)cc2)CC1. The first kappa shape index (κ1) is 12.4. The summed E-state index contributed by atoms with van der Waals surface area (Å²) in [6.07, 6.45) is 1.17. The van der Waals surface area contributed by atoms with Crippen molar-refractivity contribution >= 4 is 22.5 Å². The first-order valence-corrected chi connectivity index (χ1v) is 6.28. The summed E-state index contributed by atoms with van der Waals surface area (Å²) in [6, 6.07) is 7.53. The highest BCUT2D eigenvalue weighted by molar-refractivity contribution is 6.67. The molecule has 17 heavy (non-hydrogen) atoms. The van der Waals surface area contributed by atoms with E-state index < -0.39 is 5.24 Å². The van der Waals surface area contributed by atoms with Crippen LogP contribution in [0.3, 0.4) is 0 Å². The predicted molar refractivity (Wildman–Crippen MR) is 71.0 cm³/mol. The van der Waals surface area contributed by atoms with Crippen molar-refractivity contribution in [2.75, 3.05) is 38.1 Å². The van der Waals surface area contributed by atoms with E-state index in [1.807, 2.05) is 12.1 Å². The number of benzene rings is 1. The number of carbonyl (C=O) groups is 1. The van der Waals surface area contributed by atoms with Crippen molar-refractivity contribution < 1.29 is 4.79 Å². The Kier molecular flexibility index (Phi) is 4.02. The van der Waals surface area contributed by atoms with Gasteiger partial charge in [-0.25, -0.2) is 0 Å². The number of likely N-dealkylation sites (N-methyl/N-ethyl adjacent to an activating group) is 1. The van der Waals surface area contributed by atoms with Crippen LogP contribution in [0.25, 0.3) is 0 Å². The third kappa shape index (κ3) is 3.20. The summed E-state index contributed by atoms with van der Waals surface area (Å²) in [5.74, 6) is 0. The molecule has 1 aromatic rings. The highest BCUT2D eigenvalue weighted by Gasteiger charge is 2.12. The van der Waals surface area contributed by atoms with Crippen molar-refractivity contribution in [3.05, 3.63) is 29.8 Å². The van der Waals surface area contributed by atoms with Gasteiger partial charge < -0.3 is 9.80 Å². The molecule has 1 aliphatic heterocycles. The van der Waals surface area contributed by atoms with Gasteiger partial charge in [0, 0.05) is 30.9 Å². The molecule has 0 saturated carbocycles. The minimum Gasteiger partial charge on any atom is -0.370 e. The van der Waals surface area contributed by atoms with Crippen LogP contribution in [0.4, 0.5) is 5.69 Å². The van der Waals surface area contributed by atoms with E-state index in [9.17, 15) is 4.79 Å². The largest absolute Gasteiger partial charge is 0.370 e. The summed E-state index contributed by atoms with van der Waals surface area (Å²) in [4.78, 5) is 15.7. The number of hydrogen-bond donors (Lipinski definition) is 0. The Hall–Kier alpha value is -1.06. The standard InChI is InChI=1S/C13H17ClN2O/c1-15-7-2-8-16(10-9-15)12-5-3-11(4-6-12)13(14)17/h3-6H,2,7-10H2,1H3. The van der Waals surface area contributed by atoms with Crippen LogP contribution < -0.4 is 4.90 Å². The van der Waals surface area contributed by atoms with Crippen LogP contribution in [0.5, 0.6) is 0 Å². The lowest BCUT2D eigenvalue weighted by Crippen LogP contribution is -2.28. The molecule has 0 unspecified atom stereocenters. The van der Waals surface area contributed by atoms with Crippen molar-refractivity contribution in [3.8, 4) is 0 Å². The van der Waals surface area contributed by atoms with Gasteiger partial charge in [-0.2, -0.15) is 0 Å². The zero-order chi connectivity index (χ0) is 12.3. The Morgan fingerprint density at radius 1 is 1.12 bits per heavy atom. The molecule has 3 nitrogen and oxygen atoms in total. The molecule has 1 aliphatic rings. The summed E-state index contributed by atoms with van der Waals surface area (Å²) >= 11 is 5.43. The van der Waals surface area contributed by atoms with Crippen LogP contribution in [0.2, 0.25) is 0 Å². The maximum atomic E-state index is 11.0. The van der Waals surface area contributed by atoms with Gasteiger partial charge in [-0.05, 0) is 55.9 Å². The molecule has 0 aliphatic carbocycles. The Balaban J connectivity index is 2.08. The van der Waals surface area contributed by atoms with E-state index in [1.54, 1.807) is 12.1 Å². The highest BCUT2D eigenvalue weighted by Crippen LogP contribution is 2.17. The number of rotatable bonds is 2. The van der Waals surface area contributed by atoms with Gasteiger partial charge in [-0.15, -0.1) is 0 Å². The number of nitrogens with zero attached hydrogens (tertiary/aromatic N) is 2. The van der Waals surface area contributed by atoms with Crippen molar-refractivity contribution in [2.45, 2.75) is 6.42 Å². The highest BCUT2D eigenvalue weighted by atomic mass is 35.5. The first-order chi connectivity index (χ1) is 8.16. The van der Waals surface area contributed by atoms with E-state index in [0.29, 0.717) is 5.56 Å². The molecule has 4 heteroatoms. The maximum absolute atomic E-state index is 11.0. The second-order valence-electron chi connectivity index (χ2n) is 4.46. The number of hydrogen-bond acceptors (Lipinski definition) is 3. The van der Waals surface area contributed by atoms with E-state index in [0.717, 1.165) is 26.2 Å². The predicted octanol–water partition coefficient (Wildman–Crippen LogP) is 2.21. The molecule has 0 amide bonds. The summed E-state index contributed by atoms with van der Waals surface area (Å²) in [5, 5.41) is -0.396. The van der Waals surface area contributed by atoms with Crippen LogP contribution in [0, 0.1) is 0 Å². The molecule has 0 spiro atoms. The van der Waals surface area contributed by atoms with Crippen LogP contribution in [-0.4, -0.2) is 43.4 Å². The second-order valence-corrected chi connectivity index (χ2v) is 4.81. The lowest BCUT2D eigenvalue weighted by Gasteiger charge is -2.22. The Morgan fingerprint density at radius 2 is 1.82 bits per heavy atom. The molecule has 0 bridgehead atoms. The zero-order valence-electron chi connectivity index (χ0n) is 10.0. The van der Waals surface area contributed by atoms with Gasteiger partial charge in [0.2, 0.25) is 0 Å². The molecule has 92 valence electrons.